The van der Waals surface area contributed by atoms with Gasteiger partial charge in [0.15, 0.2) is 5.13 Å². The summed E-state index contributed by atoms with van der Waals surface area (Å²) in [6.07, 6.45) is 4.73. The van der Waals surface area contributed by atoms with Crippen LogP contribution in [0.5, 0.6) is 0 Å². The van der Waals surface area contributed by atoms with Crippen molar-refractivity contribution in [2.45, 2.75) is 38.1 Å². The predicted molar refractivity (Wildman–Crippen MR) is 89.8 cm³/mol. The van der Waals surface area contributed by atoms with Crippen LogP contribution in [0.4, 0.5) is 9.93 Å². The number of anilines is 1. The highest BCUT2D eigenvalue weighted by Crippen LogP contribution is 2.22. The van der Waals surface area contributed by atoms with Gasteiger partial charge in [-0.15, -0.1) is 11.3 Å². The molecule has 3 rings (SSSR count). The summed E-state index contributed by atoms with van der Waals surface area (Å²) in [5.74, 6) is -0.0164. The Bertz CT molecular complexity index is 556. The van der Waals surface area contributed by atoms with E-state index < -0.39 is 0 Å². The van der Waals surface area contributed by atoms with Crippen LogP contribution in [0.2, 0.25) is 0 Å². The Morgan fingerprint density at radius 3 is 3.09 bits per heavy atom. The largest absolute Gasteiger partial charge is 0.354 e. The summed E-state index contributed by atoms with van der Waals surface area (Å²) in [4.78, 5) is 29.9. The van der Waals surface area contributed by atoms with Gasteiger partial charge in [-0.25, -0.2) is 9.78 Å². The van der Waals surface area contributed by atoms with Gasteiger partial charge >= 0.3 is 6.03 Å². The molecule has 0 aromatic carbocycles. The van der Waals surface area contributed by atoms with Gasteiger partial charge in [0, 0.05) is 31.1 Å². The van der Waals surface area contributed by atoms with Crippen molar-refractivity contribution in [2.24, 2.45) is 0 Å². The number of carbonyl (C=O) groups is 2. The molecule has 3 amide bonds. The van der Waals surface area contributed by atoms with Gasteiger partial charge < -0.3 is 16.0 Å². The molecule has 0 saturated carbocycles. The molecular weight excluding hydrogens is 314 g/mol. The van der Waals surface area contributed by atoms with Gasteiger partial charge in [0.2, 0.25) is 5.91 Å². The SMILES string of the molecule is O=C(Cc1csc(N2CCCNC2=O)n1)NC[C@@H]1CCCCN1. The van der Waals surface area contributed by atoms with E-state index in [1.165, 1.54) is 24.2 Å². The van der Waals surface area contributed by atoms with Gasteiger partial charge in [-0.2, -0.15) is 0 Å². The Kier molecular flexibility index (Phi) is 5.45. The molecule has 2 aliphatic heterocycles. The Morgan fingerprint density at radius 1 is 1.39 bits per heavy atom. The monoisotopic (exact) mass is 337 g/mol. The molecule has 1 aromatic rings. The summed E-state index contributed by atoms with van der Waals surface area (Å²) in [5, 5.41) is 11.7. The van der Waals surface area contributed by atoms with Crippen LogP contribution in [0.1, 0.15) is 31.4 Å². The minimum atomic E-state index is -0.107. The third kappa shape index (κ3) is 4.42. The second kappa shape index (κ2) is 7.74. The molecule has 2 saturated heterocycles. The molecular formula is C15H23N5O2S. The first-order chi connectivity index (χ1) is 11.2. The molecule has 3 heterocycles. The molecule has 0 radical (unpaired) electrons. The van der Waals surface area contributed by atoms with E-state index in [0.717, 1.165) is 25.1 Å². The standard InChI is InChI=1S/C15H23N5O2S/c21-13(18-9-11-4-1-2-5-16-11)8-12-10-23-15(19-12)20-7-3-6-17-14(20)22/h10-11,16H,1-9H2,(H,17,22)(H,18,21)/t11-/m0/s1. The van der Waals surface area contributed by atoms with Gasteiger partial charge in [0.05, 0.1) is 12.1 Å². The quantitative estimate of drug-likeness (QED) is 0.744. The Morgan fingerprint density at radius 2 is 2.30 bits per heavy atom. The summed E-state index contributed by atoms with van der Waals surface area (Å²) in [6, 6.07) is 0.278. The maximum absolute atomic E-state index is 12.0. The molecule has 0 spiro atoms. The van der Waals surface area contributed by atoms with E-state index in [1.807, 2.05) is 5.38 Å². The van der Waals surface area contributed by atoms with Gasteiger partial charge in [0.25, 0.3) is 0 Å². The van der Waals surface area contributed by atoms with Crippen LogP contribution in [-0.2, 0) is 11.2 Å². The molecule has 8 heteroatoms. The minimum absolute atomic E-state index is 0.0164. The highest BCUT2D eigenvalue weighted by atomic mass is 32.1. The highest BCUT2D eigenvalue weighted by Gasteiger charge is 2.22. The van der Waals surface area contributed by atoms with Gasteiger partial charge in [0.1, 0.15) is 0 Å². The van der Waals surface area contributed by atoms with Crippen molar-refractivity contribution >= 4 is 28.4 Å². The van der Waals surface area contributed by atoms with E-state index in [0.29, 0.717) is 30.8 Å². The number of nitrogens with zero attached hydrogens (tertiary/aromatic N) is 2. The first-order valence-corrected chi connectivity index (χ1v) is 9.10. The van der Waals surface area contributed by atoms with E-state index in [1.54, 1.807) is 4.90 Å². The topological polar surface area (TPSA) is 86.4 Å². The summed E-state index contributed by atoms with van der Waals surface area (Å²) in [7, 11) is 0. The Hall–Kier alpha value is -1.67. The number of carbonyl (C=O) groups excluding carboxylic acids is 2. The smallest absolute Gasteiger partial charge is 0.323 e. The van der Waals surface area contributed by atoms with Gasteiger partial charge in [-0.05, 0) is 25.8 Å². The van der Waals surface area contributed by atoms with E-state index in [2.05, 4.69) is 20.9 Å². The minimum Gasteiger partial charge on any atom is -0.354 e. The first-order valence-electron chi connectivity index (χ1n) is 8.22. The number of thiazole rings is 1. The summed E-state index contributed by atoms with van der Waals surface area (Å²) >= 11 is 1.41. The number of amides is 3. The lowest BCUT2D eigenvalue weighted by atomic mass is 10.1. The summed E-state index contributed by atoms with van der Waals surface area (Å²) in [5.41, 5.74) is 0.720. The maximum atomic E-state index is 12.0. The lowest BCUT2D eigenvalue weighted by Crippen LogP contribution is -2.46. The Labute approximate surface area is 139 Å². The van der Waals surface area contributed by atoms with E-state index in [4.69, 9.17) is 0 Å². The molecule has 23 heavy (non-hydrogen) atoms. The molecule has 2 fully saturated rings. The molecule has 2 aliphatic rings. The van der Waals surface area contributed by atoms with Gasteiger partial charge in [-0.1, -0.05) is 6.42 Å². The molecule has 1 aromatic heterocycles. The van der Waals surface area contributed by atoms with Crippen LogP contribution >= 0.6 is 11.3 Å². The number of urea groups is 1. The molecule has 126 valence electrons. The third-order valence-corrected chi connectivity index (χ3v) is 5.06. The highest BCUT2D eigenvalue weighted by molar-refractivity contribution is 7.14. The fraction of sp³-hybridized carbons (Fsp3) is 0.667. The molecule has 7 nitrogen and oxygen atoms in total. The second-order valence-corrected chi connectivity index (χ2v) is 6.82. The van der Waals surface area contributed by atoms with Crippen molar-refractivity contribution < 1.29 is 9.59 Å². The van der Waals surface area contributed by atoms with Crippen LogP contribution in [0.3, 0.4) is 0 Å². The van der Waals surface area contributed by atoms with Crippen molar-refractivity contribution in [1.82, 2.24) is 20.9 Å². The van der Waals surface area contributed by atoms with E-state index in [9.17, 15) is 9.59 Å². The zero-order valence-corrected chi connectivity index (χ0v) is 14.0. The van der Waals surface area contributed by atoms with E-state index in [-0.39, 0.29) is 18.4 Å². The normalized spacial score (nSPS) is 21.8. The van der Waals surface area contributed by atoms with Crippen molar-refractivity contribution in [3.63, 3.8) is 0 Å². The fourth-order valence-corrected chi connectivity index (χ4v) is 3.72. The average Bonchev–Trinajstić information content (AvgIpc) is 3.02. The number of rotatable bonds is 5. The predicted octanol–water partition coefficient (Wildman–Crippen LogP) is 0.864. The third-order valence-electron chi connectivity index (χ3n) is 4.15. The van der Waals surface area contributed by atoms with Crippen LogP contribution < -0.4 is 20.9 Å². The van der Waals surface area contributed by atoms with Crippen LogP contribution in [0, 0.1) is 0 Å². The van der Waals surface area contributed by atoms with Crippen molar-refractivity contribution in [3.05, 3.63) is 11.1 Å². The summed E-state index contributed by atoms with van der Waals surface area (Å²) in [6.45, 7) is 3.10. The van der Waals surface area contributed by atoms with Crippen molar-refractivity contribution in [2.75, 3.05) is 31.1 Å². The summed E-state index contributed by atoms with van der Waals surface area (Å²) < 4.78 is 0. The van der Waals surface area contributed by atoms with Crippen LogP contribution in [0.25, 0.3) is 0 Å². The van der Waals surface area contributed by atoms with Crippen LogP contribution in [0.15, 0.2) is 5.38 Å². The lowest BCUT2D eigenvalue weighted by Gasteiger charge is -2.24. The maximum Gasteiger partial charge on any atom is 0.323 e. The number of piperidine rings is 1. The van der Waals surface area contributed by atoms with Crippen LogP contribution in [-0.4, -0.2) is 49.1 Å². The first kappa shape index (κ1) is 16.2. The molecule has 0 bridgehead atoms. The zero-order valence-electron chi connectivity index (χ0n) is 13.1. The number of hydrogen-bond donors (Lipinski definition) is 3. The van der Waals surface area contributed by atoms with Crippen molar-refractivity contribution in [1.29, 1.82) is 0 Å². The zero-order chi connectivity index (χ0) is 16.1. The van der Waals surface area contributed by atoms with Crippen molar-refractivity contribution in [3.8, 4) is 0 Å². The van der Waals surface area contributed by atoms with Gasteiger partial charge in [-0.3, -0.25) is 9.69 Å². The molecule has 3 N–H and O–H groups in total. The van der Waals surface area contributed by atoms with E-state index >= 15 is 0 Å². The molecule has 0 aliphatic carbocycles. The number of hydrogen-bond acceptors (Lipinski definition) is 5. The average molecular weight is 337 g/mol. The number of nitrogens with one attached hydrogen (secondary N) is 3. The number of aromatic nitrogens is 1. The Balaban J connectivity index is 1.48. The lowest BCUT2D eigenvalue weighted by molar-refractivity contribution is -0.120. The second-order valence-electron chi connectivity index (χ2n) is 5.99. The molecule has 0 unspecified atom stereocenters. The molecule has 1 atom stereocenters. The fourth-order valence-electron chi connectivity index (χ4n) is 2.88.